The Balaban J connectivity index is 1.96. The second kappa shape index (κ2) is 5.05. The second-order valence-electron chi connectivity index (χ2n) is 5.67. The molecule has 0 aromatic heterocycles. The molecular weight excluding hydrogens is 228 g/mol. The third-order valence-electron chi connectivity index (χ3n) is 4.05. The summed E-state index contributed by atoms with van der Waals surface area (Å²) in [5.41, 5.74) is 5.91. The van der Waals surface area contributed by atoms with Crippen molar-refractivity contribution < 1.29 is 0 Å². The Hall–Kier alpha value is -1.82. The molecular formula is C19H20. The van der Waals surface area contributed by atoms with E-state index in [1.165, 1.54) is 16.7 Å². The maximum absolute atomic E-state index is 2.40. The van der Waals surface area contributed by atoms with Crippen LogP contribution in [0.4, 0.5) is 0 Å². The summed E-state index contributed by atoms with van der Waals surface area (Å²) in [6.07, 6.45) is 3.51. The van der Waals surface area contributed by atoms with Crippen LogP contribution in [0.15, 0.2) is 60.2 Å². The Morgan fingerprint density at radius 2 is 1.58 bits per heavy atom. The lowest BCUT2D eigenvalue weighted by Gasteiger charge is -2.19. The maximum Gasteiger partial charge on any atom is 0.0100 e. The number of allylic oxidation sites excluding steroid dienone is 1. The van der Waals surface area contributed by atoms with E-state index in [0.29, 0.717) is 11.8 Å². The van der Waals surface area contributed by atoms with Crippen LogP contribution in [-0.2, 0) is 6.42 Å². The van der Waals surface area contributed by atoms with Gasteiger partial charge in [-0.3, -0.25) is 0 Å². The first-order valence-corrected chi connectivity index (χ1v) is 7.10. The normalized spacial score (nSPS) is 17.4. The summed E-state index contributed by atoms with van der Waals surface area (Å²) in [5, 5.41) is 0. The number of benzene rings is 2. The number of hydrogen-bond donors (Lipinski definition) is 0. The van der Waals surface area contributed by atoms with Gasteiger partial charge in [-0.25, -0.2) is 0 Å². The molecule has 0 heterocycles. The summed E-state index contributed by atoms with van der Waals surface area (Å²) < 4.78 is 0. The van der Waals surface area contributed by atoms with Crippen LogP contribution in [0.2, 0.25) is 0 Å². The molecule has 1 aliphatic rings. The van der Waals surface area contributed by atoms with Crippen molar-refractivity contribution in [3.8, 4) is 0 Å². The van der Waals surface area contributed by atoms with Crippen LogP contribution in [0.1, 0.15) is 36.5 Å². The lowest BCUT2D eigenvalue weighted by Crippen LogP contribution is -2.07. The SMILES string of the molecule is CC(C)C1=Cc2ccccc2C1Cc1ccccc1. The number of rotatable bonds is 3. The van der Waals surface area contributed by atoms with Gasteiger partial charge in [-0.2, -0.15) is 0 Å². The van der Waals surface area contributed by atoms with Gasteiger partial charge in [0.2, 0.25) is 0 Å². The fraction of sp³-hybridized carbons (Fsp3) is 0.263. The van der Waals surface area contributed by atoms with Gasteiger partial charge in [0.05, 0.1) is 0 Å². The molecule has 96 valence electrons. The number of hydrogen-bond acceptors (Lipinski definition) is 0. The molecule has 0 N–H and O–H groups in total. The van der Waals surface area contributed by atoms with E-state index in [4.69, 9.17) is 0 Å². The van der Waals surface area contributed by atoms with Gasteiger partial charge >= 0.3 is 0 Å². The Morgan fingerprint density at radius 1 is 0.895 bits per heavy atom. The summed E-state index contributed by atoms with van der Waals surface area (Å²) in [6.45, 7) is 4.60. The Labute approximate surface area is 115 Å². The average Bonchev–Trinajstić information content (AvgIpc) is 2.79. The molecule has 0 spiro atoms. The Kier molecular flexibility index (Phi) is 3.25. The molecule has 0 heteroatoms. The van der Waals surface area contributed by atoms with Crippen LogP contribution in [0, 0.1) is 5.92 Å². The van der Waals surface area contributed by atoms with E-state index in [2.05, 4.69) is 74.5 Å². The van der Waals surface area contributed by atoms with Crippen molar-refractivity contribution in [2.24, 2.45) is 5.92 Å². The third kappa shape index (κ3) is 2.35. The van der Waals surface area contributed by atoms with Crippen LogP contribution in [-0.4, -0.2) is 0 Å². The zero-order valence-corrected chi connectivity index (χ0v) is 11.6. The lowest BCUT2D eigenvalue weighted by atomic mass is 9.85. The van der Waals surface area contributed by atoms with Gasteiger partial charge < -0.3 is 0 Å². The first-order chi connectivity index (χ1) is 9.25. The molecule has 0 radical (unpaired) electrons. The van der Waals surface area contributed by atoms with Crippen molar-refractivity contribution >= 4 is 6.08 Å². The monoisotopic (exact) mass is 248 g/mol. The van der Waals surface area contributed by atoms with Gasteiger partial charge in [-0.15, -0.1) is 0 Å². The summed E-state index contributed by atoms with van der Waals surface area (Å²) >= 11 is 0. The first kappa shape index (κ1) is 12.2. The van der Waals surface area contributed by atoms with E-state index >= 15 is 0 Å². The van der Waals surface area contributed by atoms with Crippen molar-refractivity contribution in [3.05, 3.63) is 76.9 Å². The Morgan fingerprint density at radius 3 is 2.32 bits per heavy atom. The highest BCUT2D eigenvalue weighted by Gasteiger charge is 2.26. The standard InChI is InChI=1S/C19H20/c1-14(2)18-13-16-10-6-7-11-17(16)19(18)12-15-8-4-3-5-9-15/h3-11,13-14,19H,12H2,1-2H3. The highest BCUT2D eigenvalue weighted by molar-refractivity contribution is 5.67. The van der Waals surface area contributed by atoms with E-state index in [1.54, 1.807) is 5.57 Å². The molecule has 0 saturated heterocycles. The number of fused-ring (bicyclic) bond motifs is 1. The molecule has 0 saturated carbocycles. The van der Waals surface area contributed by atoms with Gasteiger partial charge in [0.1, 0.15) is 0 Å². The van der Waals surface area contributed by atoms with E-state index in [-0.39, 0.29) is 0 Å². The molecule has 1 atom stereocenters. The third-order valence-corrected chi connectivity index (χ3v) is 4.05. The van der Waals surface area contributed by atoms with Gasteiger partial charge in [-0.05, 0) is 29.0 Å². The summed E-state index contributed by atoms with van der Waals surface area (Å²) in [7, 11) is 0. The van der Waals surface area contributed by atoms with Gasteiger partial charge in [0, 0.05) is 5.92 Å². The van der Waals surface area contributed by atoms with Crippen LogP contribution < -0.4 is 0 Å². The van der Waals surface area contributed by atoms with Crippen LogP contribution in [0.5, 0.6) is 0 Å². The summed E-state index contributed by atoms with van der Waals surface area (Å²) in [5.74, 6) is 1.17. The molecule has 19 heavy (non-hydrogen) atoms. The second-order valence-corrected chi connectivity index (χ2v) is 5.67. The zero-order chi connectivity index (χ0) is 13.2. The predicted molar refractivity (Wildman–Crippen MR) is 82.1 cm³/mol. The smallest absolute Gasteiger partial charge is 0.0100 e. The summed E-state index contributed by atoms with van der Waals surface area (Å²) in [6, 6.07) is 19.6. The minimum Gasteiger partial charge on any atom is -0.0622 e. The predicted octanol–water partition coefficient (Wildman–Crippen LogP) is 5.07. The highest BCUT2D eigenvalue weighted by atomic mass is 14.3. The van der Waals surface area contributed by atoms with Crippen LogP contribution in [0.3, 0.4) is 0 Å². The molecule has 0 fully saturated rings. The van der Waals surface area contributed by atoms with Gasteiger partial charge in [-0.1, -0.05) is 80.1 Å². The molecule has 3 rings (SSSR count). The maximum atomic E-state index is 2.40. The highest BCUT2D eigenvalue weighted by Crippen LogP contribution is 2.41. The first-order valence-electron chi connectivity index (χ1n) is 7.10. The lowest BCUT2D eigenvalue weighted by molar-refractivity contribution is 0.663. The van der Waals surface area contributed by atoms with E-state index in [9.17, 15) is 0 Å². The van der Waals surface area contributed by atoms with Crippen molar-refractivity contribution in [2.45, 2.75) is 26.2 Å². The minimum atomic E-state index is 0.554. The molecule has 0 bridgehead atoms. The Bertz CT molecular complexity index is 590. The van der Waals surface area contributed by atoms with Crippen LogP contribution >= 0.6 is 0 Å². The molecule has 0 amide bonds. The minimum absolute atomic E-state index is 0.554. The summed E-state index contributed by atoms with van der Waals surface area (Å²) in [4.78, 5) is 0. The van der Waals surface area contributed by atoms with E-state index in [1.807, 2.05) is 0 Å². The van der Waals surface area contributed by atoms with E-state index in [0.717, 1.165) is 6.42 Å². The molecule has 0 aliphatic heterocycles. The van der Waals surface area contributed by atoms with Crippen molar-refractivity contribution in [1.29, 1.82) is 0 Å². The van der Waals surface area contributed by atoms with Gasteiger partial charge in [0.15, 0.2) is 0 Å². The van der Waals surface area contributed by atoms with E-state index < -0.39 is 0 Å². The quantitative estimate of drug-likeness (QED) is 0.711. The fourth-order valence-corrected chi connectivity index (χ4v) is 3.07. The largest absolute Gasteiger partial charge is 0.0622 e. The fourth-order valence-electron chi connectivity index (χ4n) is 3.07. The van der Waals surface area contributed by atoms with Crippen molar-refractivity contribution in [2.75, 3.05) is 0 Å². The molecule has 1 aliphatic carbocycles. The van der Waals surface area contributed by atoms with Gasteiger partial charge in [0.25, 0.3) is 0 Å². The molecule has 0 nitrogen and oxygen atoms in total. The molecule has 2 aromatic carbocycles. The molecule has 1 unspecified atom stereocenters. The van der Waals surface area contributed by atoms with Crippen molar-refractivity contribution in [3.63, 3.8) is 0 Å². The zero-order valence-electron chi connectivity index (χ0n) is 11.6. The average molecular weight is 248 g/mol. The van der Waals surface area contributed by atoms with Crippen LogP contribution in [0.25, 0.3) is 6.08 Å². The topological polar surface area (TPSA) is 0 Å². The van der Waals surface area contributed by atoms with Crippen molar-refractivity contribution in [1.82, 2.24) is 0 Å². The molecule has 2 aromatic rings.